The van der Waals surface area contributed by atoms with E-state index in [4.69, 9.17) is 11.6 Å². The van der Waals surface area contributed by atoms with Crippen LogP contribution in [0, 0.1) is 17.0 Å². The number of nitro groups is 1. The highest BCUT2D eigenvalue weighted by molar-refractivity contribution is 6.34. The lowest BCUT2D eigenvalue weighted by Gasteiger charge is -2.12. The van der Waals surface area contributed by atoms with Crippen molar-refractivity contribution >= 4 is 29.5 Å². The van der Waals surface area contributed by atoms with Gasteiger partial charge in [-0.15, -0.1) is 0 Å². The molecule has 1 N–H and O–H groups in total. The number of hydrogen-bond acceptors (Lipinski definition) is 4. The van der Waals surface area contributed by atoms with Crippen molar-refractivity contribution in [1.29, 1.82) is 0 Å². The molecule has 2 aromatic carbocycles. The van der Waals surface area contributed by atoms with E-state index in [1.807, 2.05) is 31.2 Å². The highest BCUT2D eigenvalue weighted by atomic mass is 35.5. The van der Waals surface area contributed by atoms with E-state index in [-0.39, 0.29) is 34.9 Å². The molecule has 2 aromatic rings. The molecule has 0 spiro atoms. The van der Waals surface area contributed by atoms with Crippen LogP contribution in [0.5, 0.6) is 0 Å². The Labute approximate surface area is 143 Å². The SMILES string of the molecule is Cc1ccccc1CC(=O)Nc1cccc(C(C=O)[N+](=O)[O-])c1Cl. The molecular formula is C17H15ClN2O4. The first kappa shape index (κ1) is 17.6. The summed E-state index contributed by atoms with van der Waals surface area (Å²) < 4.78 is 0. The summed E-state index contributed by atoms with van der Waals surface area (Å²) in [5.41, 5.74) is 2.15. The first-order chi connectivity index (χ1) is 11.4. The van der Waals surface area contributed by atoms with E-state index >= 15 is 0 Å². The van der Waals surface area contributed by atoms with Crippen molar-refractivity contribution in [3.8, 4) is 0 Å². The van der Waals surface area contributed by atoms with Gasteiger partial charge in [-0.05, 0) is 24.1 Å². The lowest BCUT2D eigenvalue weighted by molar-refractivity contribution is -0.511. The molecule has 1 unspecified atom stereocenters. The minimum Gasteiger partial charge on any atom is -0.324 e. The number of nitrogens with zero attached hydrogens (tertiary/aromatic N) is 1. The fourth-order valence-electron chi connectivity index (χ4n) is 2.29. The number of halogens is 1. The van der Waals surface area contributed by atoms with Crippen molar-refractivity contribution in [2.75, 3.05) is 5.32 Å². The standard InChI is InChI=1S/C17H15ClN2O4/c1-11-5-2-3-6-12(11)9-16(22)19-14-8-4-7-13(17(14)18)15(10-21)20(23)24/h2-8,10,15H,9H2,1H3,(H,19,22). The van der Waals surface area contributed by atoms with Crippen molar-refractivity contribution in [3.63, 3.8) is 0 Å². The second-order valence-electron chi connectivity index (χ2n) is 5.23. The second-order valence-corrected chi connectivity index (χ2v) is 5.60. The number of carbonyl (C=O) groups excluding carboxylic acids is 2. The van der Waals surface area contributed by atoms with Gasteiger partial charge in [0.1, 0.15) is 0 Å². The third-order valence-electron chi connectivity index (χ3n) is 3.59. The molecule has 0 saturated heterocycles. The number of hydrogen-bond donors (Lipinski definition) is 1. The summed E-state index contributed by atoms with van der Waals surface area (Å²) in [5, 5.41) is 13.5. The maximum atomic E-state index is 12.2. The number of carbonyl (C=O) groups is 2. The normalized spacial score (nSPS) is 11.6. The molecule has 0 heterocycles. The monoisotopic (exact) mass is 346 g/mol. The van der Waals surface area contributed by atoms with Gasteiger partial charge in [-0.1, -0.05) is 48.0 Å². The molecule has 0 radical (unpaired) electrons. The molecule has 0 aliphatic heterocycles. The summed E-state index contributed by atoms with van der Waals surface area (Å²) in [7, 11) is 0. The Kier molecular flexibility index (Phi) is 5.65. The molecule has 0 aliphatic rings. The van der Waals surface area contributed by atoms with E-state index < -0.39 is 11.0 Å². The van der Waals surface area contributed by atoms with Crippen LogP contribution in [0.1, 0.15) is 22.7 Å². The summed E-state index contributed by atoms with van der Waals surface area (Å²) in [6.07, 6.45) is 0.361. The van der Waals surface area contributed by atoms with E-state index in [9.17, 15) is 19.7 Å². The number of nitrogens with one attached hydrogen (secondary N) is 1. The summed E-state index contributed by atoms with van der Waals surface area (Å²) in [5.74, 6) is -0.299. The Morgan fingerprint density at radius 3 is 2.62 bits per heavy atom. The fraction of sp³-hybridized carbons (Fsp3) is 0.176. The van der Waals surface area contributed by atoms with Crippen LogP contribution in [0.25, 0.3) is 0 Å². The molecular weight excluding hydrogens is 332 g/mol. The van der Waals surface area contributed by atoms with Crippen LogP contribution in [0.15, 0.2) is 42.5 Å². The van der Waals surface area contributed by atoms with Gasteiger partial charge < -0.3 is 5.32 Å². The van der Waals surface area contributed by atoms with Crippen LogP contribution in [0.4, 0.5) is 5.69 Å². The van der Waals surface area contributed by atoms with Crippen LogP contribution in [-0.4, -0.2) is 17.1 Å². The van der Waals surface area contributed by atoms with Crippen molar-refractivity contribution in [2.45, 2.75) is 19.4 Å². The van der Waals surface area contributed by atoms with Gasteiger partial charge in [-0.25, -0.2) is 0 Å². The molecule has 0 aliphatic carbocycles. The van der Waals surface area contributed by atoms with Crippen LogP contribution in [0.3, 0.4) is 0 Å². The van der Waals surface area contributed by atoms with Crippen LogP contribution >= 0.6 is 11.6 Å². The molecule has 2 rings (SSSR count). The zero-order chi connectivity index (χ0) is 17.7. The van der Waals surface area contributed by atoms with Crippen LogP contribution < -0.4 is 5.32 Å². The number of rotatable bonds is 6. The number of anilines is 1. The maximum Gasteiger partial charge on any atom is 0.293 e. The van der Waals surface area contributed by atoms with E-state index in [1.165, 1.54) is 18.2 Å². The van der Waals surface area contributed by atoms with E-state index in [1.54, 1.807) is 0 Å². The fourth-order valence-corrected chi connectivity index (χ4v) is 2.57. The lowest BCUT2D eigenvalue weighted by Crippen LogP contribution is -2.17. The highest BCUT2D eigenvalue weighted by Crippen LogP contribution is 2.31. The Morgan fingerprint density at radius 1 is 1.29 bits per heavy atom. The van der Waals surface area contributed by atoms with Gasteiger partial charge in [-0.3, -0.25) is 19.7 Å². The van der Waals surface area contributed by atoms with E-state index in [0.717, 1.165) is 11.1 Å². The number of benzene rings is 2. The van der Waals surface area contributed by atoms with Gasteiger partial charge >= 0.3 is 0 Å². The van der Waals surface area contributed by atoms with E-state index in [0.29, 0.717) is 0 Å². The van der Waals surface area contributed by atoms with Crippen molar-refractivity contribution in [1.82, 2.24) is 0 Å². The lowest BCUT2D eigenvalue weighted by atomic mass is 10.1. The van der Waals surface area contributed by atoms with Gasteiger partial charge in [0.2, 0.25) is 5.91 Å². The highest BCUT2D eigenvalue weighted by Gasteiger charge is 2.26. The molecule has 7 heteroatoms. The van der Waals surface area contributed by atoms with Crippen molar-refractivity contribution in [2.24, 2.45) is 0 Å². The average molecular weight is 347 g/mol. The maximum absolute atomic E-state index is 12.2. The Morgan fingerprint density at radius 2 is 2.00 bits per heavy atom. The molecule has 0 fully saturated rings. The topological polar surface area (TPSA) is 89.3 Å². The number of aryl methyl sites for hydroxylation is 1. The first-order valence-corrected chi connectivity index (χ1v) is 7.53. The van der Waals surface area contributed by atoms with Gasteiger partial charge in [0, 0.05) is 4.92 Å². The van der Waals surface area contributed by atoms with Crippen LogP contribution in [0.2, 0.25) is 5.02 Å². The predicted molar refractivity (Wildman–Crippen MR) is 90.8 cm³/mol. The Hall–Kier alpha value is -2.73. The first-order valence-electron chi connectivity index (χ1n) is 7.15. The van der Waals surface area contributed by atoms with Crippen molar-refractivity contribution in [3.05, 3.63) is 74.3 Å². The summed E-state index contributed by atoms with van der Waals surface area (Å²) >= 11 is 6.13. The minimum absolute atomic E-state index is 0.00978. The smallest absolute Gasteiger partial charge is 0.293 e. The second kappa shape index (κ2) is 7.70. The molecule has 0 aromatic heterocycles. The summed E-state index contributed by atoms with van der Waals surface area (Å²) in [6.45, 7) is 1.90. The van der Waals surface area contributed by atoms with Gasteiger partial charge in [0.05, 0.1) is 22.7 Å². The summed E-state index contributed by atoms with van der Waals surface area (Å²) in [6, 6.07) is 10.3. The molecule has 1 amide bonds. The molecule has 0 saturated carbocycles. The molecule has 24 heavy (non-hydrogen) atoms. The minimum atomic E-state index is -1.56. The largest absolute Gasteiger partial charge is 0.324 e. The van der Waals surface area contributed by atoms with Crippen molar-refractivity contribution < 1.29 is 14.5 Å². The number of amides is 1. The molecule has 124 valence electrons. The zero-order valence-electron chi connectivity index (χ0n) is 12.9. The van der Waals surface area contributed by atoms with Gasteiger partial charge in [-0.2, -0.15) is 0 Å². The average Bonchev–Trinajstić information content (AvgIpc) is 2.53. The van der Waals surface area contributed by atoms with Gasteiger partial charge in [0.25, 0.3) is 6.04 Å². The summed E-state index contributed by atoms with van der Waals surface area (Å²) in [4.78, 5) is 33.3. The zero-order valence-corrected chi connectivity index (χ0v) is 13.6. The Balaban J connectivity index is 2.21. The Bertz CT molecular complexity index is 792. The third kappa shape index (κ3) is 3.97. The molecule has 1 atom stereocenters. The third-order valence-corrected chi connectivity index (χ3v) is 4.01. The predicted octanol–water partition coefficient (Wildman–Crippen LogP) is 3.35. The van der Waals surface area contributed by atoms with Gasteiger partial charge in [0.15, 0.2) is 6.29 Å². The number of aldehydes is 1. The quantitative estimate of drug-likeness (QED) is 0.493. The molecule has 6 nitrogen and oxygen atoms in total. The van der Waals surface area contributed by atoms with Crippen LogP contribution in [-0.2, 0) is 16.0 Å². The van der Waals surface area contributed by atoms with E-state index in [2.05, 4.69) is 5.32 Å². The molecule has 0 bridgehead atoms.